The molecular formula is C7H6N2O. The van der Waals surface area contributed by atoms with E-state index < -0.39 is 0 Å². The van der Waals surface area contributed by atoms with E-state index in [1.165, 1.54) is 0 Å². The molecule has 0 spiro atoms. The van der Waals surface area contributed by atoms with Crippen LogP contribution < -0.4 is 5.73 Å². The first-order chi connectivity index (χ1) is 4.88. The van der Waals surface area contributed by atoms with Crippen LogP contribution >= 0.6 is 0 Å². The summed E-state index contributed by atoms with van der Waals surface area (Å²) in [7, 11) is 0. The molecule has 0 unspecified atom stereocenters. The lowest BCUT2D eigenvalue weighted by atomic mass is 10.2. The number of benzene rings is 1. The van der Waals surface area contributed by atoms with Crippen LogP contribution in [0.2, 0.25) is 0 Å². The summed E-state index contributed by atoms with van der Waals surface area (Å²) in [5.41, 5.74) is 7.11. The second kappa shape index (κ2) is 1.73. The molecule has 0 radical (unpaired) electrons. The summed E-state index contributed by atoms with van der Waals surface area (Å²) >= 11 is 0. The van der Waals surface area contributed by atoms with Crippen LogP contribution in [-0.2, 0) is 0 Å². The first-order valence-electron chi connectivity index (χ1n) is 2.96. The van der Waals surface area contributed by atoms with Gasteiger partial charge in [0.2, 0.25) is 0 Å². The third-order valence-corrected chi connectivity index (χ3v) is 1.44. The van der Waals surface area contributed by atoms with Crippen molar-refractivity contribution < 1.29 is 4.52 Å². The summed E-state index contributed by atoms with van der Waals surface area (Å²) < 4.78 is 4.72. The van der Waals surface area contributed by atoms with Crippen molar-refractivity contribution >= 4 is 16.6 Å². The van der Waals surface area contributed by atoms with E-state index in [0.717, 1.165) is 10.9 Å². The molecule has 1 heterocycles. The number of aromatic nitrogens is 1. The monoisotopic (exact) mass is 134 g/mol. The van der Waals surface area contributed by atoms with Crippen molar-refractivity contribution in [1.82, 2.24) is 5.16 Å². The summed E-state index contributed by atoms with van der Waals surface area (Å²) in [6.07, 6.45) is 1.55. The number of hydrogen-bond donors (Lipinski definition) is 1. The van der Waals surface area contributed by atoms with E-state index in [1.54, 1.807) is 6.26 Å². The number of anilines is 1. The number of rotatable bonds is 0. The molecule has 0 amide bonds. The Morgan fingerprint density at radius 2 is 2.30 bits per heavy atom. The Balaban J connectivity index is 2.95. The minimum atomic E-state index is 0.707. The number of hydrogen-bond acceptors (Lipinski definition) is 3. The molecule has 2 aromatic rings. The van der Waals surface area contributed by atoms with Crippen molar-refractivity contribution in [2.45, 2.75) is 0 Å². The fourth-order valence-corrected chi connectivity index (χ4v) is 0.914. The lowest BCUT2D eigenvalue weighted by molar-refractivity contribution is 0.428. The maximum Gasteiger partial charge on any atom is 0.133 e. The molecule has 0 aliphatic heterocycles. The van der Waals surface area contributed by atoms with Crippen molar-refractivity contribution in [3.8, 4) is 0 Å². The largest absolute Gasteiger partial charge is 0.398 e. The molecule has 1 aromatic carbocycles. The average molecular weight is 134 g/mol. The average Bonchev–Trinajstić information content (AvgIpc) is 2.36. The molecule has 0 bridgehead atoms. The van der Waals surface area contributed by atoms with Gasteiger partial charge in [0.15, 0.2) is 0 Å². The van der Waals surface area contributed by atoms with Gasteiger partial charge in [0.25, 0.3) is 0 Å². The lowest BCUT2D eigenvalue weighted by Crippen LogP contribution is -1.82. The zero-order valence-electron chi connectivity index (χ0n) is 5.24. The molecule has 3 heteroatoms. The highest BCUT2D eigenvalue weighted by Crippen LogP contribution is 2.18. The maximum atomic E-state index is 5.60. The minimum absolute atomic E-state index is 0.707. The molecule has 50 valence electrons. The third kappa shape index (κ3) is 0.572. The highest BCUT2D eigenvalue weighted by atomic mass is 16.5. The van der Waals surface area contributed by atoms with Gasteiger partial charge in [0, 0.05) is 5.69 Å². The predicted octanol–water partition coefficient (Wildman–Crippen LogP) is 1.41. The van der Waals surface area contributed by atoms with Gasteiger partial charge in [-0.1, -0.05) is 11.2 Å². The summed E-state index contributed by atoms with van der Waals surface area (Å²) in [5.74, 6) is 0. The zero-order valence-corrected chi connectivity index (χ0v) is 5.24. The topological polar surface area (TPSA) is 52.0 Å². The van der Waals surface area contributed by atoms with Crippen LogP contribution in [0.5, 0.6) is 0 Å². The molecule has 0 aliphatic rings. The molecule has 0 fully saturated rings. The molecule has 2 rings (SSSR count). The summed E-state index contributed by atoms with van der Waals surface area (Å²) in [4.78, 5) is 0. The highest BCUT2D eigenvalue weighted by molar-refractivity contribution is 5.88. The van der Waals surface area contributed by atoms with Crippen molar-refractivity contribution in [3.05, 3.63) is 24.5 Å². The molecular weight excluding hydrogens is 128 g/mol. The standard InChI is InChI=1S/C7H6N2O/c8-6-2-1-3-7-5(6)4-10-9-7/h1-4H,8H2. The second-order valence-corrected chi connectivity index (χ2v) is 2.09. The molecule has 0 aliphatic carbocycles. The molecule has 3 nitrogen and oxygen atoms in total. The smallest absolute Gasteiger partial charge is 0.133 e. The molecule has 1 aromatic heterocycles. The van der Waals surface area contributed by atoms with Crippen LogP contribution in [0, 0.1) is 0 Å². The minimum Gasteiger partial charge on any atom is -0.398 e. The van der Waals surface area contributed by atoms with E-state index in [-0.39, 0.29) is 0 Å². The van der Waals surface area contributed by atoms with Gasteiger partial charge in [-0.15, -0.1) is 0 Å². The van der Waals surface area contributed by atoms with Gasteiger partial charge in [-0.3, -0.25) is 0 Å². The number of nitrogen functional groups attached to an aromatic ring is 1. The highest BCUT2D eigenvalue weighted by Gasteiger charge is 1.98. The fourth-order valence-electron chi connectivity index (χ4n) is 0.914. The van der Waals surface area contributed by atoms with Crippen molar-refractivity contribution in [1.29, 1.82) is 0 Å². The van der Waals surface area contributed by atoms with E-state index >= 15 is 0 Å². The zero-order chi connectivity index (χ0) is 6.97. The van der Waals surface area contributed by atoms with Gasteiger partial charge in [-0.05, 0) is 12.1 Å². The Labute approximate surface area is 57.4 Å². The molecule has 10 heavy (non-hydrogen) atoms. The van der Waals surface area contributed by atoms with Gasteiger partial charge < -0.3 is 10.3 Å². The van der Waals surface area contributed by atoms with E-state index in [0.29, 0.717) is 5.69 Å². The van der Waals surface area contributed by atoms with Gasteiger partial charge in [-0.25, -0.2) is 0 Å². The summed E-state index contributed by atoms with van der Waals surface area (Å²) in [6.45, 7) is 0. The van der Waals surface area contributed by atoms with Gasteiger partial charge in [0.05, 0.1) is 5.39 Å². The van der Waals surface area contributed by atoms with Crippen molar-refractivity contribution in [3.63, 3.8) is 0 Å². The van der Waals surface area contributed by atoms with Crippen molar-refractivity contribution in [2.75, 3.05) is 5.73 Å². The Hall–Kier alpha value is -1.51. The van der Waals surface area contributed by atoms with E-state index in [4.69, 9.17) is 10.3 Å². The Morgan fingerprint density at radius 1 is 1.40 bits per heavy atom. The van der Waals surface area contributed by atoms with Crippen LogP contribution in [0.3, 0.4) is 0 Å². The third-order valence-electron chi connectivity index (χ3n) is 1.44. The second-order valence-electron chi connectivity index (χ2n) is 2.09. The Bertz CT molecular complexity index is 353. The van der Waals surface area contributed by atoms with Crippen LogP contribution in [0.1, 0.15) is 0 Å². The summed E-state index contributed by atoms with van der Waals surface area (Å²) in [6, 6.07) is 5.52. The van der Waals surface area contributed by atoms with Gasteiger partial charge >= 0.3 is 0 Å². The normalized spacial score (nSPS) is 10.4. The maximum absolute atomic E-state index is 5.60. The number of fused-ring (bicyclic) bond motifs is 1. The Morgan fingerprint density at radius 3 is 3.10 bits per heavy atom. The molecule has 0 saturated carbocycles. The SMILES string of the molecule is Nc1cccc2nocc12. The first kappa shape index (κ1) is 5.29. The molecule has 2 N–H and O–H groups in total. The van der Waals surface area contributed by atoms with Crippen LogP contribution in [0.25, 0.3) is 10.9 Å². The fraction of sp³-hybridized carbons (Fsp3) is 0. The van der Waals surface area contributed by atoms with E-state index in [1.807, 2.05) is 18.2 Å². The van der Waals surface area contributed by atoms with E-state index in [2.05, 4.69) is 5.16 Å². The Kier molecular flexibility index (Phi) is 0.917. The van der Waals surface area contributed by atoms with Gasteiger partial charge in [-0.2, -0.15) is 0 Å². The molecule has 0 atom stereocenters. The summed E-state index contributed by atoms with van der Waals surface area (Å²) in [5, 5.41) is 4.60. The quantitative estimate of drug-likeness (QED) is 0.554. The van der Waals surface area contributed by atoms with Crippen LogP contribution in [0.15, 0.2) is 29.0 Å². The predicted molar refractivity (Wildman–Crippen MR) is 38.4 cm³/mol. The first-order valence-corrected chi connectivity index (χ1v) is 2.96. The van der Waals surface area contributed by atoms with Crippen LogP contribution in [0.4, 0.5) is 5.69 Å². The van der Waals surface area contributed by atoms with Crippen molar-refractivity contribution in [2.24, 2.45) is 0 Å². The number of nitrogens with zero attached hydrogens (tertiary/aromatic N) is 1. The van der Waals surface area contributed by atoms with Crippen LogP contribution in [-0.4, -0.2) is 5.16 Å². The lowest BCUT2D eigenvalue weighted by Gasteiger charge is -1.89. The molecule has 0 saturated heterocycles. The van der Waals surface area contributed by atoms with E-state index in [9.17, 15) is 0 Å². The van der Waals surface area contributed by atoms with Gasteiger partial charge in [0.1, 0.15) is 11.8 Å². The number of nitrogens with two attached hydrogens (primary N) is 1.